The molecular weight excluding hydrogens is 2220 g/mol. The van der Waals surface area contributed by atoms with Crippen LogP contribution in [0.5, 0.6) is 46.0 Å². The number of rotatable bonds is 4. The molecule has 0 spiro atoms. The third-order valence-electron chi connectivity index (χ3n) is 27.8. The van der Waals surface area contributed by atoms with Crippen LogP contribution in [-0.4, -0.2) is 164 Å². The SMILES string of the molecule is C1CCOC1.C1CCOC1.C1CCOC1.C1CCOC1.CC(C)(C)c1cc2c(O)c(c1)Cc1cc(C(C)(C)C)cc(c1O)Cc1cc(C(C)(C)C)cc(c1O)Cc1cc(C(C)(C)C)cc(c1O)C2.CC(C)(C)c1cc2c(O)c(c1)Cc1cc(C(C)(C)C)cc(c1O)Cc1cc(C(C)(C)C)cc(c1O)Cc1cc(C(C)(C)C)cc(c1O)C2.[NH-]N=C(c1ccccc1)c1ccccc1.[NH-]N=C(c1ccccc1)c1ccccc1.[Na].[Na].[W+2].[W]. The monoisotopic (exact) mass is 2390 g/mol. The summed E-state index contributed by atoms with van der Waals surface area (Å²) in [5.41, 5.74) is 24.3. The molecule has 2 radical (unpaired) electrons. The Hall–Kier alpha value is -8.80. The van der Waals surface area contributed by atoms with Crippen LogP contribution in [0.4, 0.5) is 0 Å². The second kappa shape index (κ2) is 56.5. The number of nitrogens with zero attached hydrogens (tertiary/aromatic N) is 2. The van der Waals surface area contributed by atoms with Gasteiger partial charge in [-0.25, -0.2) is 0 Å². The van der Waals surface area contributed by atoms with E-state index in [1.54, 1.807) is 0 Å². The van der Waals surface area contributed by atoms with Gasteiger partial charge in [-0.15, -0.1) is 0 Å². The fourth-order valence-corrected chi connectivity index (χ4v) is 18.4. The first-order valence-corrected chi connectivity index (χ1v) is 52.5. The summed E-state index contributed by atoms with van der Waals surface area (Å²) >= 11 is 0. The van der Waals surface area contributed by atoms with E-state index < -0.39 is 0 Å². The van der Waals surface area contributed by atoms with E-state index in [9.17, 15) is 40.9 Å². The van der Waals surface area contributed by atoms with E-state index in [1.165, 1.54) is 51.4 Å². The summed E-state index contributed by atoms with van der Waals surface area (Å²) in [6.07, 6.45) is 12.9. The van der Waals surface area contributed by atoms with Crippen LogP contribution < -0.4 is 0 Å². The average molecular weight is 2390 g/mol. The number of phenolic OH excluding ortho intramolecular Hbond substituents is 8. The summed E-state index contributed by atoms with van der Waals surface area (Å²) in [6.45, 7) is 59.9. The molecule has 16 bridgehead atoms. The van der Waals surface area contributed by atoms with Crippen molar-refractivity contribution < 1.29 is 102 Å². The fourth-order valence-electron chi connectivity index (χ4n) is 18.4. The molecule has 20 heteroatoms. The first kappa shape index (κ1) is 128. The zero-order chi connectivity index (χ0) is 107. The Morgan fingerprint density at radius 3 is 0.373 bits per heavy atom. The van der Waals surface area contributed by atoms with Gasteiger partial charge in [0, 0.05) is 184 Å². The van der Waals surface area contributed by atoms with Crippen LogP contribution in [0.1, 0.15) is 373 Å². The molecule has 4 fully saturated rings. The number of aromatic hydroxyl groups is 8. The van der Waals surface area contributed by atoms with Crippen LogP contribution in [-0.2, 0) is 156 Å². The Labute approximate surface area is 970 Å². The number of benzene rings is 12. The van der Waals surface area contributed by atoms with Gasteiger partial charge < -0.3 is 81.7 Å². The maximum absolute atomic E-state index is 11.9. The van der Waals surface area contributed by atoms with Gasteiger partial charge in [-0.1, -0.05) is 385 Å². The zero-order valence-corrected chi connectivity index (χ0v) is 105. The minimum Gasteiger partial charge on any atom is -0.616 e. The second-order valence-electron chi connectivity index (χ2n) is 48.2. The van der Waals surface area contributed by atoms with Crippen LogP contribution in [0.2, 0.25) is 0 Å². The van der Waals surface area contributed by atoms with E-state index in [-0.39, 0.29) is 191 Å². The minimum atomic E-state index is -0.190. The molecule has 0 saturated carbocycles. The Balaban J connectivity index is 0.000000272. The van der Waals surface area contributed by atoms with Crippen LogP contribution >= 0.6 is 0 Å². The maximum Gasteiger partial charge on any atom is 2.00 e. The molecule has 16 nitrogen and oxygen atoms in total. The first-order valence-electron chi connectivity index (χ1n) is 52.5. The molecule has 4 heterocycles. The molecule has 0 aromatic heterocycles. The average Bonchev–Trinajstić information content (AvgIpc) is 1.31. The number of ether oxygens (including phenoxy) is 4. The van der Waals surface area contributed by atoms with Gasteiger partial charge in [0.15, 0.2) is 0 Å². The zero-order valence-electron chi connectivity index (χ0n) is 94.7. The van der Waals surface area contributed by atoms with Crippen molar-refractivity contribution in [2.45, 2.75) is 312 Å². The molecule has 10 N–H and O–H groups in total. The molecule has 2 aliphatic carbocycles. The standard InChI is InChI=1S/2C44H56O4.2C13H11N2.4C4H8O.2Na.2W/c2*1-41(2,3)33-17-25-13-27-19-34(42(4,5)6)21-29(38(27)46)15-31-23-36(44(10,11)12)24-32(40(31)48)16-30-22-35(43(7,8)9)20-28(39(30)47)14-26(18-33)37(25)45;2*14-15-13(11-7-3-1-4-8-11)12-9-5-2-6-10-12;4*1-2-4-5-3-1;;;;/h2*17-24,45-48H,13-16H2,1-12H3;2*1-10,14H;4*1-4H2;;;;/q;;2*-1;;;;;;;;+2. The normalized spacial score (nSPS) is 14.2. The summed E-state index contributed by atoms with van der Waals surface area (Å²) in [5.74, 6) is 16.0. The molecule has 792 valence electrons. The van der Waals surface area contributed by atoms with Gasteiger partial charge in [0.25, 0.3) is 0 Å². The van der Waals surface area contributed by atoms with E-state index in [0.717, 1.165) is 209 Å². The van der Waals surface area contributed by atoms with Gasteiger partial charge in [0.05, 0.1) is 11.4 Å². The number of hydrogen-bond acceptors (Lipinski definition) is 14. The smallest absolute Gasteiger partial charge is 0.616 e. The molecule has 6 aliphatic rings. The maximum atomic E-state index is 11.9. The molecule has 4 saturated heterocycles. The second-order valence-corrected chi connectivity index (χ2v) is 48.2. The fraction of sp³-hybridized carbons (Fsp3) is 0.431. The number of hydrogen-bond donors (Lipinski definition) is 8. The van der Waals surface area contributed by atoms with Gasteiger partial charge in [0.1, 0.15) is 46.0 Å². The van der Waals surface area contributed by atoms with Crippen molar-refractivity contribution in [3.63, 3.8) is 0 Å². The topological polar surface area (TPSA) is 271 Å². The molecule has 0 unspecified atom stereocenters. The largest absolute Gasteiger partial charge is 2.00 e. The molecule has 0 atom stereocenters. The van der Waals surface area contributed by atoms with Gasteiger partial charge >= 0.3 is 21.1 Å². The van der Waals surface area contributed by atoms with Crippen molar-refractivity contribution in [3.05, 3.63) is 386 Å². The van der Waals surface area contributed by atoms with Crippen molar-refractivity contribution in [2.75, 3.05) is 52.9 Å². The summed E-state index contributed by atoms with van der Waals surface area (Å²) in [4.78, 5) is 0. The van der Waals surface area contributed by atoms with Gasteiger partial charge in [-0.05, 0) is 250 Å². The molecule has 4 aliphatic heterocycles. The van der Waals surface area contributed by atoms with Crippen LogP contribution in [0.15, 0.2) is 229 Å². The summed E-state index contributed by atoms with van der Waals surface area (Å²) in [5, 5.41) is 102. The molecule has 0 amide bonds. The third-order valence-corrected chi connectivity index (χ3v) is 27.8. The van der Waals surface area contributed by atoms with E-state index in [4.69, 9.17) is 30.6 Å². The van der Waals surface area contributed by atoms with E-state index in [2.05, 4.69) is 273 Å². The predicted octanol–water partition coefficient (Wildman–Crippen LogP) is 30.2. The molecule has 12 aromatic rings. The number of nitrogens with one attached hydrogen (secondary N) is 2. The Morgan fingerprint density at radius 1 is 0.200 bits per heavy atom. The number of fused-ring (bicyclic) bond motifs is 16. The third kappa shape index (κ3) is 36.1. The molecule has 12 aromatic carbocycles. The summed E-state index contributed by atoms with van der Waals surface area (Å²) in [7, 11) is 0. The van der Waals surface area contributed by atoms with Gasteiger partial charge in [-0.2, -0.15) is 0 Å². The van der Waals surface area contributed by atoms with Crippen LogP contribution in [0.25, 0.3) is 11.7 Å². The predicted molar refractivity (Wildman–Crippen MR) is 614 cm³/mol. The van der Waals surface area contributed by atoms with Crippen molar-refractivity contribution in [3.8, 4) is 46.0 Å². The molecule has 18 rings (SSSR count). The van der Waals surface area contributed by atoms with Gasteiger partial charge in [-0.3, -0.25) is 0 Å². The first-order chi connectivity index (χ1) is 68.7. The molecule has 150 heavy (non-hydrogen) atoms. The van der Waals surface area contributed by atoms with E-state index >= 15 is 0 Å². The van der Waals surface area contributed by atoms with Gasteiger partial charge in [0.2, 0.25) is 0 Å². The van der Waals surface area contributed by atoms with E-state index in [1.807, 2.05) is 121 Å². The summed E-state index contributed by atoms with van der Waals surface area (Å²) < 4.78 is 19.8. The van der Waals surface area contributed by atoms with Crippen LogP contribution in [0, 0.1) is 0 Å². The molecular formula is C130H166N4Na2O12W2. The van der Waals surface area contributed by atoms with Crippen molar-refractivity contribution in [1.29, 1.82) is 0 Å². The number of phenols is 8. The Kier molecular flexibility index (Phi) is 48.3. The quantitative estimate of drug-likeness (QED) is 0.0464. The minimum absolute atomic E-state index is 0. The van der Waals surface area contributed by atoms with Crippen LogP contribution in [0.3, 0.4) is 0 Å². The van der Waals surface area contributed by atoms with Crippen molar-refractivity contribution >= 4 is 70.5 Å². The van der Waals surface area contributed by atoms with Crippen molar-refractivity contribution in [2.24, 2.45) is 10.2 Å². The van der Waals surface area contributed by atoms with Crippen molar-refractivity contribution in [1.82, 2.24) is 0 Å². The van der Waals surface area contributed by atoms with E-state index in [0.29, 0.717) is 62.8 Å². The Morgan fingerprint density at radius 2 is 0.300 bits per heavy atom. The Bertz CT molecular complexity index is 5170. The summed E-state index contributed by atoms with van der Waals surface area (Å²) in [6, 6.07) is 72.1.